The molecule has 0 unspecified atom stereocenters. The molecule has 2 rings (SSSR count). The van der Waals surface area contributed by atoms with Gasteiger partial charge in [0.25, 0.3) is 0 Å². The predicted molar refractivity (Wildman–Crippen MR) is 71.9 cm³/mol. The Hall–Kier alpha value is -1.55. The van der Waals surface area contributed by atoms with Gasteiger partial charge in [0.2, 0.25) is 5.91 Å². The number of carbonyl (C=O) groups is 1. The number of anilines is 1. The third kappa shape index (κ3) is 4.75. The van der Waals surface area contributed by atoms with Crippen LogP contribution in [0.2, 0.25) is 0 Å². The average molecular weight is 248 g/mol. The third-order valence-electron chi connectivity index (χ3n) is 2.75. The van der Waals surface area contributed by atoms with Crippen molar-refractivity contribution >= 4 is 11.6 Å². The van der Waals surface area contributed by atoms with Crippen molar-refractivity contribution in [2.75, 3.05) is 18.5 Å². The minimum atomic E-state index is -0.0687. The standard InChI is InChI=1S/C14H20N2O2/c1-11(17)16-13-4-2-5-14(10-13)18-9-3-8-15-12-6-7-12/h2,4-5,10,12,15H,3,6-9H2,1H3,(H,16,17). The molecule has 1 aromatic carbocycles. The second kappa shape index (κ2) is 6.40. The smallest absolute Gasteiger partial charge is 0.221 e. The topological polar surface area (TPSA) is 50.4 Å². The molecule has 0 aliphatic heterocycles. The molecule has 0 spiro atoms. The Bertz CT molecular complexity index is 403. The fourth-order valence-corrected chi connectivity index (χ4v) is 1.72. The number of hydrogen-bond acceptors (Lipinski definition) is 3. The summed E-state index contributed by atoms with van der Waals surface area (Å²) in [6, 6.07) is 8.23. The van der Waals surface area contributed by atoms with Crippen LogP contribution in [0.15, 0.2) is 24.3 Å². The maximum atomic E-state index is 10.9. The van der Waals surface area contributed by atoms with Gasteiger partial charge in [-0.15, -0.1) is 0 Å². The van der Waals surface area contributed by atoms with E-state index in [1.807, 2.05) is 24.3 Å². The van der Waals surface area contributed by atoms with Crippen molar-refractivity contribution in [1.29, 1.82) is 0 Å². The molecular formula is C14H20N2O2. The van der Waals surface area contributed by atoms with Gasteiger partial charge in [0.15, 0.2) is 0 Å². The quantitative estimate of drug-likeness (QED) is 0.727. The first-order valence-electron chi connectivity index (χ1n) is 6.48. The van der Waals surface area contributed by atoms with Gasteiger partial charge in [-0.3, -0.25) is 4.79 Å². The van der Waals surface area contributed by atoms with Gasteiger partial charge in [0.1, 0.15) is 5.75 Å². The highest BCUT2D eigenvalue weighted by molar-refractivity contribution is 5.88. The van der Waals surface area contributed by atoms with Crippen molar-refractivity contribution in [2.45, 2.75) is 32.2 Å². The van der Waals surface area contributed by atoms with Crippen molar-refractivity contribution in [3.63, 3.8) is 0 Å². The molecular weight excluding hydrogens is 228 g/mol. The molecule has 0 radical (unpaired) electrons. The first-order chi connectivity index (χ1) is 8.74. The van der Waals surface area contributed by atoms with E-state index in [-0.39, 0.29) is 5.91 Å². The Balaban J connectivity index is 1.68. The van der Waals surface area contributed by atoms with Crippen LogP contribution in [0.3, 0.4) is 0 Å². The summed E-state index contributed by atoms with van der Waals surface area (Å²) in [4.78, 5) is 10.9. The van der Waals surface area contributed by atoms with E-state index in [0.717, 1.165) is 30.4 Å². The van der Waals surface area contributed by atoms with E-state index in [9.17, 15) is 4.79 Å². The highest BCUT2D eigenvalue weighted by atomic mass is 16.5. The molecule has 1 fully saturated rings. The zero-order chi connectivity index (χ0) is 12.8. The second-order valence-corrected chi connectivity index (χ2v) is 4.64. The van der Waals surface area contributed by atoms with E-state index in [4.69, 9.17) is 4.74 Å². The molecule has 4 nitrogen and oxygen atoms in total. The first-order valence-corrected chi connectivity index (χ1v) is 6.48. The minimum absolute atomic E-state index is 0.0687. The number of benzene rings is 1. The van der Waals surface area contributed by atoms with Crippen molar-refractivity contribution in [3.8, 4) is 5.75 Å². The van der Waals surface area contributed by atoms with E-state index in [0.29, 0.717) is 6.61 Å². The molecule has 1 aromatic rings. The molecule has 1 aliphatic rings. The summed E-state index contributed by atoms with van der Waals surface area (Å²) in [5.74, 6) is 0.730. The molecule has 1 aliphatic carbocycles. The molecule has 0 bridgehead atoms. The van der Waals surface area contributed by atoms with Crippen LogP contribution in [0.5, 0.6) is 5.75 Å². The number of rotatable bonds is 7. The largest absolute Gasteiger partial charge is 0.493 e. The summed E-state index contributed by atoms with van der Waals surface area (Å²) in [6.07, 6.45) is 3.64. The van der Waals surface area contributed by atoms with E-state index < -0.39 is 0 Å². The molecule has 4 heteroatoms. The Morgan fingerprint density at radius 3 is 3.00 bits per heavy atom. The lowest BCUT2D eigenvalue weighted by molar-refractivity contribution is -0.114. The fraction of sp³-hybridized carbons (Fsp3) is 0.500. The molecule has 0 heterocycles. The lowest BCUT2D eigenvalue weighted by atomic mass is 10.3. The Labute approximate surface area is 108 Å². The normalized spacial score (nSPS) is 14.3. The molecule has 18 heavy (non-hydrogen) atoms. The summed E-state index contributed by atoms with van der Waals surface area (Å²) in [7, 11) is 0. The zero-order valence-corrected chi connectivity index (χ0v) is 10.7. The summed E-state index contributed by atoms with van der Waals surface area (Å²) in [5.41, 5.74) is 0.774. The number of amides is 1. The minimum Gasteiger partial charge on any atom is -0.493 e. The van der Waals surface area contributed by atoms with E-state index >= 15 is 0 Å². The van der Waals surface area contributed by atoms with Crippen LogP contribution in [0.25, 0.3) is 0 Å². The Morgan fingerprint density at radius 2 is 2.28 bits per heavy atom. The zero-order valence-electron chi connectivity index (χ0n) is 10.7. The summed E-state index contributed by atoms with van der Waals surface area (Å²) < 4.78 is 5.64. The number of carbonyl (C=O) groups excluding carboxylic acids is 1. The summed E-state index contributed by atoms with van der Waals surface area (Å²) >= 11 is 0. The molecule has 98 valence electrons. The number of nitrogens with one attached hydrogen (secondary N) is 2. The maximum absolute atomic E-state index is 10.9. The van der Waals surface area contributed by atoms with Gasteiger partial charge in [-0.25, -0.2) is 0 Å². The molecule has 0 atom stereocenters. The van der Waals surface area contributed by atoms with Gasteiger partial charge in [-0.2, -0.15) is 0 Å². The van der Waals surface area contributed by atoms with E-state index in [1.165, 1.54) is 19.8 Å². The van der Waals surface area contributed by atoms with Crippen molar-refractivity contribution in [3.05, 3.63) is 24.3 Å². The molecule has 2 N–H and O–H groups in total. The lowest BCUT2D eigenvalue weighted by Crippen LogP contribution is -2.19. The van der Waals surface area contributed by atoms with Crippen LogP contribution in [0, 0.1) is 0 Å². The van der Waals surface area contributed by atoms with Gasteiger partial charge in [0.05, 0.1) is 6.61 Å². The fourth-order valence-electron chi connectivity index (χ4n) is 1.72. The van der Waals surface area contributed by atoms with Gasteiger partial charge in [-0.05, 0) is 37.9 Å². The van der Waals surface area contributed by atoms with Crippen LogP contribution in [0.4, 0.5) is 5.69 Å². The highest BCUT2D eigenvalue weighted by Crippen LogP contribution is 2.19. The van der Waals surface area contributed by atoms with Crippen LogP contribution in [-0.4, -0.2) is 25.1 Å². The van der Waals surface area contributed by atoms with Crippen LogP contribution < -0.4 is 15.4 Å². The maximum Gasteiger partial charge on any atom is 0.221 e. The predicted octanol–water partition coefficient (Wildman–Crippen LogP) is 2.17. The average Bonchev–Trinajstić information content (AvgIpc) is 3.12. The molecule has 0 saturated heterocycles. The van der Waals surface area contributed by atoms with Crippen molar-refractivity contribution < 1.29 is 9.53 Å². The van der Waals surface area contributed by atoms with Crippen LogP contribution in [-0.2, 0) is 4.79 Å². The molecule has 1 amide bonds. The van der Waals surface area contributed by atoms with Gasteiger partial charge in [0, 0.05) is 24.7 Å². The lowest BCUT2D eigenvalue weighted by Gasteiger charge is -2.08. The number of hydrogen-bond donors (Lipinski definition) is 2. The van der Waals surface area contributed by atoms with E-state index in [2.05, 4.69) is 10.6 Å². The Morgan fingerprint density at radius 1 is 1.44 bits per heavy atom. The van der Waals surface area contributed by atoms with Crippen molar-refractivity contribution in [1.82, 2.24) is 5.32 Å². The third-order valence-corrected chi connectivity index (χ3v) is 2.75. The Kier molecular flexibility index (Phi) is 4.59. The van der Waals surface area contributed by atoms with Crippen molar-refractivity contribution in [2.24, 2.45) is 0 Å². The van der Waals surface area contributed by atoms with Crippen LogP contribution in [0.1, 0.15) is 26.2 Å². The SMILES string of the molecule is CC(=O)Nc1cccc(OCCCNC2CC2)c1. The van der Waals surface area contributed by atoms with Gasteiger partial charge < -0.3 is 15.4 Å². The van der Waals surface area contributed by atoms with Gasteiger partial charge in [-0.1, -0.05) is 6.07 Å². The highest BCUT2D eigenvalue weighted by Gasteiger charge is 2.19. The summed E-state index contributed by atoms with van der Waals surface area (Å²) in [6.45, 7) is 3.20. The monoisotopic (exact) mass is 248 g/mol. The first kappa shape index (κ1) is 12.9. The number of ether oxygens (including phenoxy) is 1. The van der Waals surface area contributed by atoms with Gasteiger partial charge >= 0.3 is 0 Å². The van der Waals surface area contributed by atoms with Crippen LogP contribution >= 0.6 is 0 Å². The second-order valence-electron chi connectivity index (χ2n) is 4.64. The van der Waals surface area contributed by atoms with E-state index in [1.54, 1.807) is 0 Å². The summed E-state index contributed by atoms with van der Waals surface area (Å²) in [5, 5.41) is 6.18. The molecule has 1 saturated carbocycles. The molecule has 0 aromatic heterocycles.